The number of likely N-dealkylation sites (N-methyl/N-ethyl adjacent to an activating group) is 2. The van der Waals surface area contributed by atoms with Gasteiger partial charge < -0.3 is 19.9 Å². The van der Waals surface area contributed by atoms with Crippen LogP contribution >= 0.6 is 0 Å². The summed E-state index contributed by atoms with van der Waals surface area (Å²) in [6.45, 7) is 4.00. The summed E-state index contributed by atoms with van der Waals surface area (Å²) >= 11 is 0. The zero-order valence-corrected chi connectivity index (χ0v) is 14.9. The molecule has 0 aliphatic heterocycles. The van der Waals surface area contributed by atoms with E-state index in [2.05, 4.69) is 5.32 Å². The molecule has 0 saturated heterocycles. The van der Waals surface area contributed by atoms with Crippen molar-refractivity contribution in [3.63, 3.8) is 0 Å². The van der Waals surface area contributed by atoms with E-state index in [1.807, 2.05) is 0 Å². The molecule has 0 bridgehead atoms. The van der Waals surface area contributed by atoms with Gasteiger partial charge in [0.05, 0.1) is 18.7 Å². The molecule has 132 valence electrons. The maximum Gasteiger partial charge on any atom is 0.338 e. The number of benzene rings is 1. The summed E-state index contributed by atoms with van der Waals surface area (Å²) in [6.07, 6.45) is -0.180. The molecule has 0 spiro atoms. The standard InChI is InChI=1S/C17H25N3O4/c1-12(2)24-17(23)13-6-8-14(9-7-13)18-15(21)10-20(5)11-16(22)19(3)4/h6-9,12H,10-11H2,1-5H3,(H,18,21)/p+1. The van der Waals surface area contributed by atoms with E-state index in [0.29, 0.717) is 11.3 Å². The molecule has 24 heavy (non-hydrogen) atoms. The number of nitrogens with zero attached hydrogens (tertiary/aromatic N) is 1. The molecule has 0 aliphatic carbocycles. The Morgan fingerprint density at radius 1 is 1.12 bits per heavy atom. The quantitative estimate of drug-likeness (QED) is 0.676. The fourth-order valence-electron chi connectivity index (χ4n) is 1.93. The first-order valence-corrected chi connectivity index (χ1v) is 7.81. The first kappa shape index (κ1) is 19.6. The molecule has 1 rings (SSSR count). The topological polar surface area (TPSA) is 80.1 Å². The molecular formula is C17H26N3O4+. The van der Waals surface area contributed by atoms with Crippen molar-refractivity contribution in [3.05, 3.63) is 29.8 Å². The molecular weight excluding hydrogens is 310 g/mol. The summed E-state index contributed by atoms with van der Waals surface area (Å²) < 4.78 is 5.10. The van der Waals surface area contributed by atoms with Crippen molar-refractivity contribution in [1.29, 1.82) is 0 Å². The number of ether oxygens (including phenoxy) is 1. The Kier molecular flexibility index (Phi) is 7.38. The highest BCUT2D eigenvalue weighted by Crippen LogP contribution is 2.11. The number of hydrogen-bond donors (Lipinski definition) is 2. The van der Waals surface area contributed by atoms with E-state index in [0.717, 1.165) is 4.90 Å². The molecule has 7 heteroatoms. The Morgan fingerprint density at radius 3 is 2.21 bits per heavy atom. The van der Waals surface area contributed by atoms with Crippen LogP contribution in [0, 0.1) is 0 Å². The molecule has 1 aromatic rings. The lowest BCUT2D eigenvalue weighted by atomic mass is 10.2. The average Bonchev–Trinajstić information content (AvgIpc) is 2.46. The van der Waals surface area contributed by atoms with Gasteiger partial charge in [-0.05, 0) is 38.1 Å². The van der Waals surface area contributed by atoms with E-state index in [-0.39, 0.29) is 31.0 Å². The molecule has 1 unspecified atom stereocenters. The van der Waals surface area contributed by atoms with E-state index < -0.39 is 5.97 Å². The molecule has 0 heterocycles. The first-order valence-electron chi connectivity index (χ1n) is 7.81. The number of quaternary nitrogens is 1. The second-order valence-corrected chi connectivity index (χ2v) is 6.18. The number of carbonyl (C=O) groups excluding carboxylic acids is 3. The van der Waals surface area contributed by atoms with Crippen LogP contribution in [0.4, 0.5) is 5.69 Å². The van der Waals surface area contributed by atoms with Crippen LogP contribution < -0.4 is 10.2 Å². The van der Waals surface area contributed by atoms with Gasteiger partial charge in [-0.1, -0.05) is 0 Å². The van der Waals surface area contributed by atoms with Crippen LogP contribution in [0.3, 0.4) is 0 Å². The smallest absolute Gasteiger partial charge is 0.338 e. The number of hydrogen-bond acceptors (Lipinski definition) is 4. The van der Waals surface area contributed by atoms with Crippen LogP contribution in [0.5, 0.6) is 0 Å². The third-order valence-corrected chi connectivity index (χ3v) is 3.16. The van der Waals surface area contributed by atoms with Crippen molar-refractivity contribution in [2.45, 2.75) is 20.0 Å². The Morgan fingerprint density at radius 2 is 1.71 bits per heavy atom. The van der Waals surface area contributed by atoms with Gasteiger partial charge >= 0.3 is 5.97 Å². The predicted molar refractivity (Wildman–Crippen MR) is 90.9 cm³/mol. The van der Waals surface area contributed by atoms with Gasteiger partial charge in [0.1, 0.15) is 0 Å². The molecule has 0 radical (unpaired) electrons. The van der Waals surface area contributed by atoms with Gasteiger partial charge in [-0.25, -0.2) is 4.79 Å². The summed E-state index contributed by atoms with van der Waals surface area (Å²) in [6, 6.07) is 6.50. The van der Waals surface area contributed by atoms with Crippen LogP contribution in [-0.2, 0) is 14.3 Å². The summed E-state index contributed by atoms with van der Waals surface area (Å²) in [7, 11) is 5.15. The van der Waals surface area contributed by atoms with Gasteiger partial charge in [0.2, 0.25) is 0 Å². The van der Waals surface area contributed by atoms with Crippen LogP contribution in [0.2, 0.25) is 0 Å². The summed E-state index contributed by atoms with van der Waals surface area (Å²) in [5.41, 5.74) is 1.02. The van der Waals surface area contributed by atoms with E-state index in [1.54, 1.807) is 59.3 Å². The third-order valence-electron chi connectivity index (χ3n) is 3.16. The van der Waals surface area contributed by atoms with Crippen molar-refractivity contribution in [2.75, 3.05) is 39.5 Å². The van der Waals surface area contributed by atoms with Crippen LogP contribution in [-0.4, -0.2) is 63.0 Å². The molecule has 2 amide bonds. The molecule has 2 N–H and O–H groups in total. The van der Waals surface area contributed by atoms with Gasteiger partial charge in [-0.2, -0.15) is 0 Å². The minimum atomic E-state index is -0.394. The van der Waals surface area contributed by atoms with Crippen molar-refractivity contribution in [2.24, 2.45) is 0 Å². The zero-order chi connectivity index (χ0) is 18.3. The second-order valence-electron chi connectivity index (χ2n) is 6.18. The van der Waals surface area contributed by atoms with Crippen molar-refractivity contribution < 1.29 is 24.0 Å². The minimum Gasteiger partial charge on any atom is -0.459 e. The maximum atomic E-state index is 12.0. The van der Waals surface area contributed by atoms with Crippen molar-refractivity contribution in [3.8, 4) is 0 Å². The average molecular weight is 336 g/mol. The number of carbonyl (C=O) groups is 3. The minimum absolute atomic E-state index is 0.0340. The number of esters is 1. The Balaban J connectivity index is 2.53. The molecule has 7 nitrogen and oxygen atoms in total. The Labute approximate surface area is 142 Å². The van der Waals surface area contributed by atoms with Gasteiger partial charge in [0.25, 0.3) is 11.8 Å². The van der Waals surface area contributed by atoms with E-state index in [4.69, 9.17) is 4.74 Å². The van der Waals surface area contributed by atoms with Gasteiger partial charge in [0.15, 0.2) is 13.1 Å². The highest BCUT2D eigenvalue weighted by Gasteiger charge is 2.15. The highest BCUT2D eigenvalue weighted by molar-refractivity contribution is 5.93. The van der Waals surface area contributed by atoms with Gasteiger partial charge in [-0.15, -0.1) is 0 Å². The van der Waals surface area contributed by atoms with E-state index >= 15 is 0 Å². The fraction of sp³-hybridized carbons (Fsp3) is 0.471. The molecule has 1 aromatic carbocycles. The summed E-state index contributed by atoms with van der Waals surface area (Å²) in [5.74, 6) is -0.626. The number of anilines is 1. The number of rotatable bonds is 7. The van der Waals surface area contributed by atoms with Crippen LogP contribution in [0.1, 0.15) is 24.2 Å². The lowest BCUT2D eigenvalue weighted by molar-refractivity contribution is -0.862. The normalized spacial score (nSPS) is 11.8. The molecule has 0 saturated carbocycles. The van der Waals surface area contributed by atoms with Gasteiger partial charge in [0, 0.05) is 19.8 Å². The Bertz CT molecular complexity index is 582. The number of amides is 2. The lowest BCUT2D eigenvalue weighted by Gasteiger charge is -2.16. The SMILES string of the molecule is CC(C)OC(=O)c1ccc(NC(=O)C[NH+](C)CC(=O)N(C)C)cc1. The largest absolute Gasteiger partial charge is 0.459 e. The second kappa shape index (κ2) is 9.02. The Hall–Kier alpha value is -2.41. The van der Waals surface area contributed by atoms with Crippen LogP contribution in [0.25, 0.3) is 0 Å². The highest BCUT2D eigenvalue weighted by atomic mass is 16.5. The number of nitrogens with one attached hydrogen (secondary N) is 2. The molecule has 1 atom stereocenters. The molecule has 0 aromatic heterocycles. The van der Waals surface area contributed by atoms with E-state index in [9.17, 15) is 14.4 Å². The predicted octanol–water partition coefficient (Wildman–Crippen LogP) is -0.207. The lowest BCUT2D eigenvalue weighted by Crippen LogP contribution is -3.11. The maximum absolute atomic E-state index is 12.0. The zero-order valence-electron chi connectivity index (χ0n) is 14.9. The monoisotopic (exact) mass is 336 g/mol. The van der Waals surface area contributed by atoms with Gasteiger partial charge in [-0.3, -0.25) is 9.59 Å². The van der Waals surface area contributed by atoms with Crippen molar-refractivity contribution in [1.82, 2.24) is 4.90 Å². The molecule has 0 fully saturated rings. The fourth-order valence-corrected chi connectivity index (χ4v) is 1.93. The summed E-state index contributed by atoms with van der Waals surface area (Å²) in [4.78, 5) is 37.6. The first-order chi connectivity index (χ1) is 11.2. The molecule has 0 aliphatic rings. The third kappa shape index (κ3) is 6.78. The van der Waals surface area contributed by atoms with E-state index in [1.165, 1.54) is 4.90 Å². The van der Waals surface area contributed by atoms with Crippen molar-refractivity contribution >= 4 is 23.5 Å². The van der Waals surface area contributed by atoms with Crippen LogP contribution in [0.15, 0.2) is 24.3 Å². The summed E-state index contributed by atoms with van der Waals surface area (Å²) in [5, 5.41) is 2.75.